The number of ketones is 1. The molecule has 0 spiro atoms. The van der Waals surface area contributed by atoms with Crippen LogP contribution in [0.15, 0.2) is 42.5 Å². The maximum absolute atomic E-state index is 13.8. The fraction of sp³-hybridized carbons (Fsp3) is 0.364. The molecule has 0 aromatic heterocycles. The van der Waals surface area contributed by atoms with Crippen molar-refractivity contribution in [1.29, 1.82) is 0 Å². The van der Waals surface area contributed by atoms with Gasteiger partial charge in [-0.2, -0.15) is 0 Å². The van der Waals surface area contributed by atoms with Gasteiger partial charge in [-0.15, -0.1) is 0 Å². The number of benzene rings is 2. The Bertz CT molecular complexity index is 890. The van der Waals surface area contributed by atoms with Crippen molar-refractivity contribution in [3.8, 4) is 5.75 Å². The standard InChI is InChI=1S/C22H25FN2O3S/c1-15-11-18(7-8-20(15)16(2)26)28-14-19-13-25(9-10-27-19)22(29)24-12-17-5-3-4-6-21(17)23/h3-8,11,19H,9-10,12-14H2,1-2H3,(H,24,29). The van der Waals surface area contributed by atoms with E-state index >= 15 is 0 Å². The molecular formula is C22H25FN2O3S. The van der Waals surface area contributed by atoms with Crippen molar-refractivity contribution >= 4 is 23.1 Å². The number of carbonyl (C=O) groups excluding carboxylic acids is 1. The van der Waals surface area contributed by atoms with Crippen LogP contribution in [0.25, 0.3) is 0 Å². The van der Waals surface area contributed by atoms with E-state index in [2.05, 4.69) is 5.32 Å². The molecule has 1 atom stereocenters. The molecule has 1 aliphatic rings. The quantitative estimate of drug-likeness (QED) is 0.575. The van der Waals surface area contributed by atoms with E-state index in [9.17, 15) is 9.18 Å². The summed E-state index contributed by atoms with van der Waals surface area (Å²) in [6.07, 6.45) is -0.134. The lowest BCUT2D eigenvalue weighted by molar-refractivity contribution is -0.0288. The highest BCUT2D eigenvalue weighted by Crippen LogP contribution is 2.19. The Labute approximate surface area is 175 Å². The number of ether oxygens (including phenoxy) is 2. The summed E-state index contributed by atoms with van der Waals surface area (Å²) in [6, 6.07) is 12.1. The van der Waals surface area contributed by atoms with Crippen molar-refractivity contribution < 1.29 is 18.7 Å². The van der Waals surface area contributed by atoms with E-state index in [0.717, 1.165) is 5.56 Å². The predicted octanol–water partition coefficient (Wildman–Crippen LogP) is 3.49. The lowest BCUT2D eigenvalue weighted by atomic mass is 10.1. The first kappa shape index (κ1) is 21.2. The molecular weight excluding hydrogens is 391 g/mol. The van der Waals surface area contributed by atoms with Crippen molar-refractivity contribution in [1.82, 2.24) is 10.2 Å². The van der Waals surface area contributed by atoms with E-state index in [-0.39, 0.29) is 17.7 Å². The van der Waals surface area contributed by atoms with Gasteiger partial charge in [-0.25, -0.2) is 4.39 Å². The largest absolute Gasteiger partial charge is 0.491 e. The minimum atomic E-state index is -0.248. The van der Waals surface area contributed by atoms with Crippen LogP contribution in [0.3, 0.4) is 0 Å². The molecule has 3 rings (SSSR count). The summed E-state index contributed by atoms with van der Waals surface area (Å²) in [5.74, 6) is 0.493. The number of nitrogens with one attached hydrogen (secondary N) is 1. The summed E-state index contributed by atoms with van der Waals surface area (Å²) in [4.78, 5) is 13.6. The molecule has 1 heterocycles. The number of morpholine rings is 1. The minimum absolute atomic E-state index is 0.0386. The summed E-state index contributed by atoms with van der Waals surface area (Å²) < 4.78 is 25.4. The summed E-state index contributed by atoms with van der Waals surface area (Å²) in [7, 11) is 0. The zero-order valence-electron chi connectivity index (χ0n) is 16.6. The first-order valence-corrected chi connectivity index (χ1v) is 9.97. The summed E-state index contributed by atoms with van der Waals surface area (Å²) in [5, 5.41) is 3.69. The van der Waals surface area contributed by atoms with Gasteiger partial charge in [0, 0.05) is 30.8 Å². The fourth-order valence-electron chi connectivity index (χ4n) is 3.24. The van der Waals surface area contributed by atoms with Gasteiger partial charge in [0.15, 0.2) is 10.9 Å². The topological polar surface area (TPSA) is 50.8 Å². The number of rotatable bonds is 6. The van der Waals surface area contributed by atoms with Gasteiger partial charge in [0.25, 0.3) is 0 Å². The molecule has 1 unspecified atom stereocenters. The molecule has 29 heavy (non-hydrogen) atoms. The molecule has 1 fully saturated rings. The number of thiocarbonyl (C=S) groups is 1. The lowest BCUT2D eigenvalue weighted by Gasteiger charge is -2.34. The molecule has 7 heteroatoms. The first-order chi connectivity index (χ1) is 13.9. The number of hydrogen-bond acceptors (Lipinski definition) is 4. The second-order valence-electron chi connectivity index (χ2n) is 7.03. The molecule has 0 bridgehead atoms. The van der Waals surface area contributed by atoms with Crippen molar-refractivity contribution in [3.63, 3.8) is 0 Å². The molecule has 2 aromatic rings. The third-order valence-electron chi connectivity index (χ3n) is 4.83. The number of halogens is 1. The molecule has 0 radical (unpaired) electrons. The molecule has 1 N–H and O–H groups in total. The van der Waals surface area contributed by atoms with Crippen LogP contribution in [0.2, 0.25) is 0 Å². The molecule has 154 valence electrons. The Morgan fingerprint density at radius 2 is 2.14 bits per heavy atom. The Morgan fingerprint density at radius 1 is 1.34 bits per heavy atom. The average Bonchev–Trinajstić information content (AvgIpc) is 2.71. The molecule has 0 saturated carbocycles. The summed E-state index contributed by atoms with van der Waals surface area (Å²) in [5.41, 5.74) is 2.16. The number of aryl methyl sites for hydroxylation is 1. The third-order valence-corrected chi connectivity index (χ3v) is 5.23. The van der Waals surface area contributed by atoms with Gasteiger partial charge in [0.2, 0.25) is 0 Å². The molecule has 0 amide bonds. The molecule has 1 saturated heterocycles. The van der Waals surface area contributed by atoms with E-state index in [0.29, 0.717) is 54.8 Å². The van der Waals surface area contributed by atoms with Gasteiger partial charge in [-0.05, 0) is 55.9 Å². The predicted molar refractivity (Wildman–Crippen MR) is 114 cm³/mol. The Balaban J connectivity index is 1.50. The van der Waals surface area contributed by atoms with Crippen LogP contribution in [0.5, 0.6) is 5.75 Å². The Morgan fingerprint density at radius 3 is 2.86 bits per heavy atom. The number of nitrogens with zero attached hydrogens (tertiary/aromatic N) is 1. The van der Waals surface area contributed by atoms with E-state index in [1.54, 1.807) is 37.3 Å². The SMILES string of the molecule is CC(=O)c1ccc(OCC2CN(C(=S)NCc3ccccc3F)CCO2)cc1C. The summed E-state index contributed by atoms with van der Waals surface area (Å²) >= 11 is 5.47. The van der Waals surface area contributed by atoms with Crippen LogP contribution < -0.4 is 10.1 Å². The smallest absolute Gasteiger partial charge is 0.169 e. The zero-order chi connectivity index (χ0) is 20.8. The van der Waals surface area contributed by atoms with Crippen LogP contribution in [-0.2, 0) is 11.3 Å². The van der Waals surface area contributed by atoms with Gasteiger partial charge < -0.3 is 19.7 Å². The Hall–Kier alpha value is -2.51. The highest BCUT2D eigenvalue weighted by molar-refractivity contribution is 7.80. The minimum Gasteiger partial charge on any atom is -0.491 e. The maximum Gasteiger partial charge on any atom is 0.169 e. The maximum atomic E-state index is 13.8. The highest BCUT2D eigenvalue weighted by atomic mass is 32.1. The van der Waals surface area contributed by atoms with Crippen LogP contribution in [0.1, 0.15) is 28.4 Å². The first-order valence-electron chi connectivity index (χ1n) is 9.56. The van der Waals surface area contributed by atoms with Gasteiger partial charge in [0.1, 0.15) is 24.3 Å². The van der Waals surface area contributed by atoms with Gasteiger partial charge >= 0.3 is 0 Å². The van der Waals surface area contributed by atoms with Crippen LogP contribution in [0.4, 0.5) is 4.39 Å². The van der Waals surface area contributed by atoms with Crippen LogP contribution >= 0.6 is 12.2 Å². The molecule has 1 aliphatic heterocycles. The van der Waals surface area contributed by atoms with E-state index in [1.165, 1.54) is 6.07 Å². The van der Waals surface area contributed by atoms with E-state index in [4.69, 9.17) is 21.7 Å². The second-order valence-corrected chi connectivity index (χ2v) is 7.42. The molecule has 0 aliphatic carbocycles. The summed E-state index contributed by atoms with van der Waals surface area (Å²) in [6.45, 7) is 5.97. The van der Waals surface area contributed by atoms with Gasteiger partial charge in [-0.3, -0.25) is 4.79 Å². The normalized spacial score (nSPS) is 16.4. The van der Waals surface area contributed by atoms with Crippen LogP contribution in [0, 0.1) is 12.7 Å². The van der Waals surface area contributed by atoms with Crippen molar-refractivity contribution in [2.45, 2.75) is 26.5 Å². The molecule has 5 nitrogen and oxygen atoms in total. The van der Waals surface area contributed by atoms with Gasteiger partial charge in [-0.1, -0.05) is 18.2 Å². The number of hydrogen-bond donors (Lipinski definition) is 1. The van der Waals surface area contributed by atoms with Crippen LogP contribution in [-0.4, -0.2) is 48.2 Å². The highest BCUT2D eigenvalue weighted by Gasteiger charge is 2.23. The zero-order valence-corrected chi connectivity index (χ0v) is 17.4. The second kappa shape index (κ2) is 9.80. The van der Waals surface area contributed by atoms with Crippen molar-refractivity contribution in [2.24, 2.45) is 0 Å². The number of carbonyl (C=O) groups is 1. The Kier molecular flexibility index (Phi) is 7.17. The van der Waals surface area contributed by atoms with E-state index in [1.807, 2.05) is 17.9 Å². The fourth-order valence-corrected chi connectivity index (χ4v) is 3.48. The molecule has 2 aromatic carbocycles. The monoisotopic (exact) mass is 416 g/mol. The van der Waals surface area contributed by atoms with E-state index < -0.39 is 0 Å². The third kappa shape index (κ3) is 5.74. The van der Waals surface area contributed by atoms with Crippen molar-refractivity contribution in [2.75, 3.05) is 26.3 Å². The average molecular weight is 417 g/mol. The van der Waals surface area contributed by atoms with Gasteiger partial charge in [0.05, 0.1) is 6.61 Å². The number of Topliss-reactive ketones (excluding diaryl/α,β-unsaturated/α-hetero) is 1. The lowest BCUT2D eigenvalue weighted by Crippen LogP contribution is -2.50. The van der Waals surface area contributed by atoms with Crippen molar-refractivity contribution in [3.05, 3.63) is 65.0 Å².